The average molecular weight is 174 g/mol. The fraction of sp³-hybridized carbons (Fsp3) is 0.100. The molecule has 1 amide bonds. The molecule has 1 heterocycles. The van der Waals surface area contributed by atoms with Crippen molar-refractivity contribution in [1.29, 1.82) is 0 Å². The molecule has 0 bridgehead atoms. The van der Waals surface area contributed by atoms with Crippen LogP contribution in [0.1, 0.15) is 0 Å². The normalized spacial score (nSPS) is 15.1. The molecule has 0 radical (unpaired) electrons. The van der Waals surface area contributed by atoms with Crippen LogP contribution in [0.25, 0.3) is 0 Å². The highest BCUT2D eigenvalue weighted by Crippen LogP contribution is 2.18. The Morgan fingerprint density at radius 3 is 2.69 bits per heavy atom. The summed E-state index contributed by atoms with van der Waals surface area (Å²) in [6, 6.07) is 9.82. The van der Waals surface area contributed by atoms with Crippen molar-refractivity contribution in [3.63, 3.8) is 0 Å². The molecule has 3 heteroatoms. The number of rotatable bonds is 2. The van der Waals surface area contributed by atoms with Gasteiger partial charge in [0.15, 0.2) is 0 Å². The molecule has 0 aromatic heterocycles. The van der Waals surface area contributed by atoms with Crippen LogP contribution in [0, 0.1) is 0 Å². The summed E-state index contributed by atoms with van der Waals surface area (Å²) in [5.41, 5.74) is 1.03. The molecule has 0 aliphatic carbocycles. The standard InChI is InChI=1S/C10H10N2O/c13-9-11-7-4-8-12(11)10-5-2-1-3-6-10/h1-7,9H,8H2. The second kappa shape index (κ2) is 3.31. The molecule has 1 aromatic rings. The van der Waals surface area contributed by atoms with Crippen LogP contribution in [-0.2, 0) is 4.79 Å². The first-order valence-electron chi connectivity index (χ1n) is 4.14. The molecule has 13 heavy (non-hydrogen) atoms. The van der Waals surface area contributed by atoms with Crippen LogP contribution >= 0.6 is 0 Å². The molecular weight excluding hydrogens is 164 g/mol. The van der Waals surface area contributed by atoms with E-state index in [0.29, 0.717) is 0 Å². The zero-order valence-corrected chi connectivity index (χ0v) is 7.13. The van der Waals surface area contributed by atoms with Crippen molar-refractivity contribution >= 4 is 12.1 Å². The van der Waals surface area contributed by atoms with E-state index in [1.165, 1.54) is 5.01 Å². The SMILES string of the molecule is O=CN1C=CCN1c1ccccc1. The number of carbonyl (C=O) groups excluding carboxylic acids is 1. The van der Waals surface area contributed by atoms with Crippen molar-refractivity contribution in [3.8, 4) is 0 Å². The molecule has 0 unspecified atom stereocenters. The average Bonchev–Trinajstić information content (AvgIpc) is 2.67. The summed E-state index contributed by atoms with van der Waals surface area (Å²) in [6.07, 6.45) is 4.51. The van der Waals surface area contributed by atoms with Crippen molar-refractivity contribution in [3.05, 3.63) is 42.6 Å². The van der Waals surface area contributed by atoms with Gasteiger partial charge in [0.05, 0.1) is 12.2 Å². The Hall–Kier alpha value is -1.77. The van der Waals surface area contributed by atoms with E-state index in [1.807, 2.05) is 41.4 Å². The van der Waals surface area contributed by atoms with E-state index >= 15 is 0 Å². The summed E-state index contributed by atoms with van der Waals surface area (Å²) in [7, 11) is 0. The number of para-hydroxylation sites is 1. The summed E-state index contributed by atoms with van der Waals surface area (Å²) >= 11 is 0. The number of hydrogen-bond donors (Lipinski definition) is 0. The first kappa shape index (κ1) is 7.86. The smallest absolute Gasteiger partial charge is 0.232 e. The molecule has 0 spiro atoms. The van der Waals surface area contributed by atoms with Crippen molar-refractivity contribution < 1.29 is 4.79 Å². The third-order valence-corrected chi connectivity index (χ3v) is 1.98. The molecular formula is C10H10N2O. The van der Waals surface area contributed by atoms with Crippen molar-refractivity contribution in [2.24, 2.45) is 0 Å². The Bertz CT molecular complexity index is 321. The summed E-state index contributed by atoms with van der Waals surface area (Å²) in [6.45, 7) is 0.753. The van der Waals surface area contributed by atoms with Gasteiger partial charge in [-0.3, -0.25) is 9.80 Å². The van der Waals surface area contributed by atoms with Gasteiger partial charge in [0.25, 0.3) is 0 Å². The van der Waals surface area contributed by atoms with Crippen LogP contribution in [-0.4, -0.2) is 18.0 Å². The van der Waals surface area contributed by atoms with Gasteiger partial charge in [0, 0.05) is 6.20 Å². The third-order valence-electron chi connectivity index (χ3n) is 1.98. The van der Waals surface area contributed by atoms with E-state index in [4.69, 9.17) is 0 Å². The highest BCUT2D eigenvalue weighted by Gasteiger charge is 2.14. The van der Waals surface area contributed by atoms with E-state index < -0.39 is 0 Å². The van der Waals surface area contributed by atoms with Crippen LogP contribution < -0.4 is 5.01 Å². The third kappa shape index (κ3) is 1.40. The van der Waals surface area contributed by atoms with E-state index in [2.05, 4.69) is 0 Å². The van der Waals surface area contributed by atoms with Crippen LogP contribution in [0.4, 0.5) is 5.69 Å². The van der Waals surface area contributed by atoms with Crippen LogP contribution in [0.5, 0.6) is 0 Å². The van der Waals surface area contributed by atoms with Gasteiger partial charge >= 0.3 is 0 Å². The van der Waals surface area contributed by atoms with Gasteiger partial charge in [-0.15, -0.1) is 0 Å². The second-order valence-electron chi connectivity index (χ2n) is 2.79. The molecule has 2 rings (SSSR count). The zero-order valence-electron chi connectivity index (χ0n) is 7.13. The van der Waals surface area contributed by atoms with Gasteiger partial charge in [-0.25, -0.2) is 5.01 Å². The topological polar surface area (TPSA) is 23.6 Å². The van der Waals surface area contributed by atoms with Gasteiger partial charge in [-0.05, 0) is 18.2 Å². The summed E-state index contributed by atoms with van der Waals surface area (Å²) in [5, 5.41) is 3.43. The number of hydrogen-bond acceptors (Lipinski definition) is 2. The Labute approximate surface area is 76.8 Å². The van der Waals surface area contributed by atoms with Gasteiger partial charge in [-0.2, -0.15) is 0 Å². The molecule has 0 saturated carbocycles. The molecule has 66 valence electrons. The Morgan fingerprint density at radius 1 is 1.23 bits per heavy atom. The number of hydrazine groups is 1. The Balaban J connectivity index is 2.23. The largest absolute Gasteiger partial charge is 0.276 e. The summed E-state index contributed by atoms with van der Waals surface area (Å²) in [4.78, 5) is 10.6. The second-order valence-corrected chi connectivity index (χ2v) is 2.79. The summed E-state index contributed by atoms with van der Waals surface area (Å²) in [5.74, 6) is 0. The molecule has 1 aliphatic heterocycles. The maximum Gasteiger partial charge on any atom is 0.232 e. The van der Waals surface area contributed by atoms with Crippen LogP contribution in [0.2, 0.25) is 0 Å². The lowest BCUT2D eigenvalue weighted by atomic mass is 10.3. The maximum absolute atomic E-state index is 10.6. The van der Waals surface area contributed by atoms with Crippen LogP contribution in [0.3, 0.4) is 0 Å². The highest BCUT2D eigenvalue weighted by atomic mass is 16.1. The lowest BCUT2D eigenvalue weighted by Gasteiger charge is -2.25. The fourth-order valence-electron chi connectivity index (χ4n) is 1.36. The number of benzene rings is 1. The van der Waals surface area contributed by atoms with E-state index in [9.17, 15) is 4.79 Å². The number of carbonyl (C=O) groups is 1. The molecule has 3 nitrogen and oxygen atoms in total. The van der Waals surface area contributed by atoms with E-state index in [1.54, 1.807) is 6.20 Å². The van der Waals surface area contributed by atoms with E-state index in [0.717, 1.165) is 18.6 Å². The number of amides is 1. The van der Waals surface area contributed by atoms with E-state index in [-0.39, 0.29) is 0 Å². The predicted octanol–water partition coefficient (Wildman–Crippen LogP) is 1.39. The quantitative estimate of drug-likeness (QED) is 0.632. The van der Waals surface area contributed by atoms with Gasteiger partial charge in [0.2, 0.25) is 6.41 Å². The molecule has 1 aromatic carbocycles. The van der Waals surface area contributed by atoms with Crippen molar-refractivity contribution in [1.82, 2.24) is 5.01 Å². The van der Waals surface area contributed by atoms with Crippen LogP contribution in [0.15, 0.2) is 42.6 Å². The predicted molar refractivity (Wildman–Crippen MR) is 50.8 cm³/mol. The fourth-order valence-corrected chi connectivity index (χ4v) is 1.36. The minimum absolute atomic E-state index is 0.753. The molecule has 0 saturated heterocycles. The summed E-state index contributed by atoms with van der Waals surface area (Å²) < 4.78 is 0. The molecule has 0 fully saturated rings. The zero-order chi connectivity index (χ0) is 9.10. The van der Waals surface area contributed by atoms with Gasteiger partial charge in [-0.1, -0.05) is 18.2 Å². The van der Waals surface area contributed by atoms with Gasteiger partial charge < -0.3 is 0 Å². The van der Waals surface area contributed by atoms with Crippen molar-refractivity contribution in [2.45, 2.75) is 0 Å². The lowest BCUT2D eigenvalue weighted by molar-refractivity contribution is -0.116. The molecule has 1 aliphatic rings. The monoisotopic (exact) mass is 174 g/mol. The maximum atomic E-state index is 10.6. The minimum atomic E-state index is 0.753. The Kier molecular flexibility index (Phi) is 2.00. The highest BCUT2D eigenvalue weighted by molar-refractivity contribution is 5.59. The number of anilines is 1. The lowest BCUT2D eigenvalue weighted by Crippen LogP contribution is -2.33. The first-order valence-corrected chi connectivity index (χ1v) is 4.14. The first-order chi connectivity index (χ1) is 6.42. The minimum Gasteiger partial charge on any atom is -0.276 e. The Morgan fingerprint density at radius 2 is 2.00 bits per heavy atom. The molecule has 0 atom stereocenters. The van der Waals surface area contributed by atoms with Crippen molar-refractivity contribution in [2.75, 3.05) is 11.6 Å². The van der Waals surface area contributed by atoms with Gasteiger partial charge in [0.1, 0.15) is 0 Å². The number of nitrogens with zero attached hydrogens (tertiary/aromatic N) is 2. The molecule has 0 N–H and O–H groups in total.